The summed E-state index contributed by atoms with van der Waals surface area (Å²) in [6.07, 6.45) is 0.706. The van der Waals surface area contributed by atoms with Crippen LogP contribution >= 0.6 is 11.6 Å². The molecule has 2 amide bonds. The second-order valence-electron chi connectivity index (χ2n) is 6.38. The molecule has 2 aliphatic heterocycles. The summed E-state index contributed by atoms with van der Waals surface area (Å²) in [7, 11) is 0. The van der Waals surface area contributed by atoms with Crippen LogP contribution in [0.25, 0.3) is 0 Å². The average Bonchev–Trinajstić information content (AvgIpc) is 3.16. The van der Waals surface area contributed by atoms with E-state index in [2.05, 4.69) is 0 Å². The van der Waals surface area contributed by atoms with E-state index >= 15 is 0 Å². The molecule has 0 radical (unpaired) electrons. The number of anilines is 1. The molecule has 0 N–H and O–H groups in total. The van der Waals surface area contributed by atoms with Crippen LogP contribution in [-0.4, -0.2) is 35.3 Å². The zero-order valence-corrected chi connectivity index (χ0v) is 14.1. The van der Waals surface area contributed by atoms with Gasteiger partial charge in [-0.25, -0.2) is 4.39 Å². The van der Waals surface area contributed by atoms with Gasteiger partial charge in [0.2, 0.25) is 11.8 Å². The highest BCUT2D eigenvalue weighted by Crippen LogP contribution is 2.37. The van der Waals surface area contributed by atoms with Crippen molar-refractivity contribution in [3.8, 4) is 0 Å². The molecule has 2 aromatic carbocycles. The monoisotopic (exact) mass is 358 g/mol. The van der Waals surface area contributed by atoms with Crippen LogP contribution in [-0.2, 0) is 16.0 Å². The maximum atomic E-state index is 14.0. The van der Waals surface area contributed by atoms with Crippen LogP contribution in [0.3, 0.4) is 0 Å². The van der Waals surface area contributed by atoms with Gasteiger partial charge in [-0.1, -0.05) is 41.9 Å². The van der Waals surface area contributed by atoms with Gasteiger partial charge >= 0.3 is 0 Å². The fraction of sp³-hybridized carbons (Fsp3) is 0.263. The molecule has 2 bridgehead atoms. The van der Waals surface area contributed by atoms with Crippen molar-refractivity contribution in [2.45, 2.75) is 24.9 Å². The first kappa shape index (κ1) is 16.1. The van der Waals surface area contributed by atoms with Crippen molar-refractivity contribution in [2.24, 2.45) is 0 Å². The minimum absolute atomic E-state index is 0.123. The van der Waals surface area contributed by atoms with E-state index in [4.69, 9.17) is 11.6 Å². The molecule has 0 unspecified atom stereocenters. The topological polar surface area (TPSA) is 40.6 Å². The fourth-order valence-corrected chi connectivity index (χ4v) is 3.92. The quantitative estimate of drug-likeness (QED) is 0.846. The van der Waals surface area contributed by atoms with Crippen LogP contribution in [0.15, 0.2) is 48.5 Å². The standard InChI is InChI=1S/C19H16ClFN2O2/c20-14-6-2-1-5-12(14)9-18(24)22-11-13-10-17(22)19(25)23(13)16-8-4-3-7-15(16)21/h1-8,13,17H,9-11H2/t13-,17-/m0/s1. The third kappa shape index (κ3) is 2.68. The smallest absolute Gasteiger partial charge is 0.250 e. The van der Waals surface area contributed by atoms with Crippen molar-refractivity contribution in [1.82, 2.24) is 4.90 Å². The normalized spacial score (nSPS) is 21.9. The Morgan fingerprint density at radius 2 is 1.88 bits per heavy atom. The first-order valence-electron chi connectivity index (χ1n) is 8.16. The molecule has 6 heteroatoms. The van der Waals surface area contributed by atoms with Crippen molar-refractivity contribution in [3.05, 3.63) is 64.9 Å². The van der Waals surface area contributed by atoms with E-state index < -0.39 is 11.9 Å². The zero-order chi connectivity index (χ0) is 17.6. The Hall–Kier alpha value is -2.40. The molecule has 2 fully saturated rings. The maximum Gasteiger partial charge on any atom is 0.250 e. The molecule has 0 saturated carbocycles. The van der Waals surface area contributed by atoms with E-state index in [0.717, 1.165) is 5.56 Å². The number of hydrogen-bond donors (Lipinski definition) is 0. The number of carbonyl (C=O) groups is 2. The van der Waals surface area contributed by atoms with Gasteiger partial charge in [0.15, 0.2) is 0 Å². The molecule has 4 rings (SSSR count). The van der Waals surface area contributed by atoms with Gasteiger partial charge in [0.1, 0.15) is 11.9 Å². The lowest BCUT2D eigenvalue weighted by Gasteiger charge is -2.34. The van der Waals surface area contributed by atoms with Crippen LogP contribution in [0.1, 0.15) is 12.0 Å². The van der Waals surface area contributed by atoms with Gasteiger partial charge in [0.25, 0.3) is 0 Å². The Labute approximate surface area is 149 Å². The van der Waals surface area contributed by atoms with Crippen molar-refractivity contribution < 1.29 is 14.0 Å². The van der Waals surface area contributed by atoms with E-state index in [1.165, 1.54) is 11.0 Å². The summed E-state index contributed by atoms with van der Waals surface area (Å²) >= 11 is 6.12. The van der Waals surface area contributed by atoms with Crippen LogP contribution < -0.4 is 4.90 Å². The van der Waals surface area contributed by atoms with Gasteiger partial charge in [-0.2, -0.15) is 0 Å². The Kier molecular flexibility index (Phi) is 3.96. The zero-order valence-electron chi connectivity index (χ0n) is 13.4. The summed E-state index contributed by atoms with van der Waals surface area (Å²) in [5, 5.41) is 0.541. The van der Waals surface area contributed by atoms with Gasteiger partial charge in [-0.15, -0.1) is 0 Å². The number of fused-ring (bicyclic) bond motifs is 2. The summed E-state index contributed by atoms with van der Waals surface area (Å²) < 4.78 is 14.0. The van der Waals surface area contributed by atoms with Gasteiger partial charge in [-0.05, 0) is 30.2 Å². The molecule has 2 aliphatic rings. The lowest BCUT2D eigenvalue weighted by molar-refractivity contribution is -0.137. The highest BCUT2D eigenvalue weighted by atomic mass is 35.5. The number of halogens is 2. The van der Waals surface area contributed by atoms with Gasteiger partial charge in [-0.3, -0.25) is 9.59 Å². The second-order valence-corrected chi connectivity index (χ2v) is 6.79. The summed E-state index contributed by atoms with van der Waals surface area (Å²) in [4.78, 5) is 28.4. The second kappa shape index (κ2) is 6.15. The summed E-state index contributed by atoms with van der Waals surface area (Å²) in [6, 6.07) is 12.7. The average molecular weight is 359 g/mol. The predicted octanol–water partition coefficient (Wildman–Crippen LogP) is 3.04. The molecular weight excluding hydrogens is 343 g/mol. The van der Waals surface area contributed by atoms with Crippen LogP contribution in [0.4, 0.5) is 10.1 Å². The van der Waals surface area contributed by atoms with E-state index in [1.807, 2.05) is 18.2 Å². The van der Waals surface area contributed by atoms with Gasteiger partial charge in [0, 0.05) is 11.6 Å². The highest BCUT2D eigenvalue weighted by Gasteiger charge is 2.52. The number of nitrogens with zero attached hydrogens (tertiary/aromatic N) is 2. The first-order chi connectivity index (χ1) is 12.1. The predicted molar refractivity (Wildman–Crippen MR) is 92.9 cm³/mol. The van der Waals surface area contributed by atoms with Crippen LogP contribution in [0.2, 0.25) is 5.02 Å². The largest absolute Gasteiger partial charge is 0.328 e. The summed E-state index contributed by atoms with van der Waals surface area (Å²) in [5.41, 5.74) is 1.04. The number of hydrogen-bond acceptors (Lipinski definition) is 2. The lowest BCUT2D eigenvalue weighted by Crippen LogP contribution is -2.53. The van der Waals surface area contributed by atoms with Crippen LogP contribution in [0.5, 0.6) is 0 Å². The Morgan fingerprint density at radius 3 is 2.60 bits per heavy atom. The molecule has 25 heavy (non-hydrogen) atoms. The molecule has 0 aromatic heterocycles. The number of carbonyl (C=O) groups excluding carboxylic acids is 2. The Balaban J connectivity index is 1.52. The number of rotatable bonds is 3. The maximum absolute atomic E-state index is 14.0. The van der Waals surface area contributed by atoms with Crippen molar-refractivity contribution in [3.63, 3.8) is 0 Å². The highest BCUT2D eigenvalue weighted by molar-refractivity contribution is 6.31. The van der Waals surface area contributed by atoms with E-state index in [9.17, 15) is 14.0 Å². The van der Waals surface area contributed by atoms with E-state index in [0.29, 0.717) is 23.7 Å². The Bertz CT molecular complexity index is 857. The molecule has 2 atom stereocenters. The SMILES string of the molecule is O=C(Cc1ccccc1Cl)N1C[C@@H]2C[C@H]1C(=O)N2c1ccccc1F. The number of benzene rings is 2. The van der Waals surface area contributed by atoms with Crippen LogP contribution in [0, 0.1) is 5.82 Å². The van der Waals surface area contributed by atoms with Gasteiger partial charge < -0.3 is 9.80 Å². The third-order valence-electron chi connectivity index (χ3n) is 4.90. The summed E-state index contributed by atoms with van der Waals surface area (Å²) in [5.74, 6) is -0.756. The van der Waals surface area contributed by atoms with E-state index in [-0.39, 0.29) is 24.3 Å². The number of amides is 2. The van der Waals surface area contributed by atoms with Crippen molar-refractivity contribution >= 4 is 29.1 Å². The number of piperazine rings is 1. The number of para-hydroxylation sites is 1. The minimum atomic E-state index is -0.514. The summed E-state index contributed by atoms with van der Waals surface area (Å²) in [6.45, 7) is 0.425. The minimum Gasteiger partial charge on any atom is -0.328 e. The number of likely N-dealkylation sites (tertiary alicyclic amines) is 1. The molecule has 4 nitrogen and oxygen atoms in total. The molecule has 2 saturated heterocycles. The Morgan fingerprint density at radius 1 is 1.16 bits per heavy atom. The third-order valence-corrected chi connectivity index (χ3v) is 5.27. The van der Waals surface area contributed by atoms with Crippen molar-refractivity contribution in [2.75, 3.05) is 11.4 Å². The molecule has 128 valence electrons. The molecule has 2 aromatic rings. The molecule has 0 aliphatic carbocycles. The molecule has 0 spiro atoms. The molecular formula is C19H16ClFN2O2. The first-order valence-corrected chi connectivity index (χ1v) is 8.54. The van der Waals surface area contributed by atoms with Gasteiger partial charge in [0.05, 0.1) is 18.2 Å². The fourth-order valence-electron chi connectivity index (χ4n) is 3.72. The lowest BCUT2D eigenvalue weighted by atomic mass is 10.1. The molecule has 2 heterocycles. The van der Waals surface area contributed by atoms with Crippen molar-refractivity contribution in [1.29, 1.82) is 0 Å². The van der Waals surface area contributed by atoms with E-state index in [1.54, 1.807) is 29.2 Å².